The first kappa shape index (κ1) is 16.0. The van der Waals surface area contributed by atoms with Gasteiger partial charge in [-0.15, -0.1) is 0 Å². The van der Waals surface area contributed by atoms with Gasteiger partial charge in [0.05, 0.1) is 6.54 Å². The zero-order valence-corrected chi connectivity index (χ0v) is 13.2. The molecule has 0 bridgehead atoms. The Bertz CT molecular complexity index is 449. The van der Waals surface area contributed by atoms with Gasteiger partial charge in [-0.25, -0.2) is 0 Å². The van der Waals surface area contributed by atoms with E-state index >= 15 is 0 Å². The Morgan fingerprint density at radius 3 is 2.62 bits per heavy atom. The molecule has 1 saturated carbocycles. The molecular weight excluding hydrogens is 262 g/mol. The monoisotopic (exact) mass is 289 g/mol. The lowest BCUT2D eigenvalue weighted by molar-refractivity contribution is -0.132. The van der Waals surface area contributed by atoms with Gasteiger partial charge in [-0.2, -0.15) is 0 Å². The summed E-state index contributed by atoms with van der Waals surface area (Å²) in [5.74, 6) is 0.714. The van der Waals surface area contributed by atoms with E-state index in [1.807, 2.05) is 32.3 Å². The van der Waals surface area contributed by atoms with Crippen LogP contribution in [-0.2, 0) is 11.3 Å². The van der Waals surface area contributed by atoms with Gasteiger partial charge in [0.15, 0.2) is 0 Å². The molecule has 0 aliphatic heterocycles. The van der Waals surface area contributed by atoms with Gasteiger partial charge in [0.2, 0.25) is 5.91 Å². The number of amides is 1. The van der Waals surface area contributed by atoms with E-state index in [1.54, 1.807) is 4.90 Å². The quantitative estimate of drug-likeness (QED) is 0.867. The number of likely N-dealkylation sites (N-methyl/N-ethyl adjacent to an activating group) is 2. The maximum Gasteiger partial charge on any atom is 0.236 e. The third-order valence-corrected chi connectivity index (χ3v) is 4.56. The minimum atomic E-state index is 0.170. The molecule has 2 N–H and O–H groups in total. The van der Waals surface area contributed by atoms with E-state index in [0.29, 0.717) is 25.0 Å². The zero-order valence-electron chi connectivity index (χ0n) is 13.2. The lowest BCUT2D eigenvalue weighted by Gasteiger charge is -2.30. The van der Waals surface area contributed by atoms with Crippen molar-refractivity contribution in [2.75, 3.05) is 27.2 Å². The number of nitrogens with zero attached hydrogens (tertiary/aromatic N) is 2. The van der Waals surface area contributed by atoms with E-state index in [9.17, 15) is 4.79 Å². The van der Waals surface area contributed by atoms with Crippen LogP contribution in [0.25, 0.3) is 0 Å². The highest BCUT2D eigenvalue weighted by Gasteiger charge is 2.30. The molecule has 0 spiro atoms. The number of benzene rings is 1. The van der Waals surface area contributed by atoms with Gasteiger partial charge in [0, 0.05) is 19.6 Å². The number of carbonyl (C=O) groups excluding carboxylic acids is 1. The molecule has 0 aromatic heterocycles. The Hall–Kier alpha value is -1.39. The zero-order chi connectivity index (χ0) is 15.2. The van der Waals surface area contributed by atoms with E-state index in [4.69, 9.17) is 5.73 Å². The Kier molecular flexibility index (Phi) is 5.76. The van der Waals surface area contributed by atoms with Crippen molar-refractivity contribution in [1.82, 2.24) is 9.80 Å². The molecule has 4 heteroatoms. The fourth-order valence-corrected chi connectivity index (χ4v) is 3.27. The molecule has 1 aromatic rings. The van der Waals surface area contributed by atoms with Gasteiger partial charge in [-0.3, -0.25) is 9.69 Å². The summed E-state index contributed by atoms with van der Waals surface area (Å²) in [5.41, 5.74) is 7.00. The summed E-state index contributed by atoms with van der Waals surface area (Å²) in [6.45, 7) is 1.87. The molecule has 0 heterocycles. The minimum absolute atomic E-state index is 0.170. The third-order valence-electron chi connectivity index (χ3n) is 4.56. The molecule has 21 heavy (non-hydrogen) atoms. The van der Waals surface area contributed by atoms with Crippen LogP contribution in [0.1, 0.15) is 24.8 Å². The third kappa shape index (κ3) is 4.29. The fourth-order valence-electron chi connectivity index (χ4n) is 3.27. The van der Waals surface area contributed by atoms with Crippen LogP contribution in [0.2, 0.25) is 0 Å². The Morgan fingerprint density at radius 1 is 1.24 bits per heavy atom. The van der Waals surface area contributed by atoms with Crippen molar-refractivity contribution in [1.29, 1.82) is 0 Å². The summed E-state index contributed by atoms with van der Waals surface area (Å²) < 4.78 is 0. The predicted molar refractivity (Wildman–Crippen MR) is 85.7 cm³/mol. The van der Waals surface area contributed by atoms with Crippen LogP contribution < -0.4 is 5.73 Å². The summed E-state index contributed by atoms with van der Waals surface area (Å²) in [7, 11) is 3.92. The highest BCUT2D eigenvalue weighted by Crippen LogP contribution is 2.28. The number of nitrogens with two attached hydrogens (primary N) is 1. The number of hydrogen-bond donors (Lipinski definition) is 1. The summed E-state index contributed by atoms with van der Waals surface area (Å²) in [4.78, 5) is 16.4. The number of rotatable bonds is 6. The first-order valence-corrected chi connectivity index (χ1v) is 7.80. The SMILES string of the molecule is CN(Cc1ccccc1)C(=O)CN(C)C1CCCC1CN. The number of carbonyl (C=O) groups is 1. The second kappa shape index (κ2) is 7.57. The minimum Gasteiger partial charge on any atom is -0.340 e. The van der Waals surface area contributed by atoms with Crippen LogP contribution in [0.15, 0.2) is 30.3 Å². The van der Waals surface area contributed by atoms with Crippen molar-refractivity contribution in [3.05, 3.63) is 35.9 Å². The maximum atomic E-state index is 12.4. The van der Waals surface area contributed by atoms with Crippen LogP contribution in [-0.4, -0.2) is 48.9 Å². The van der Waals surface area contributed by atoms with Crippen molar-refractivity contribution in [2.24, 2.45) is 11.7 Å². The van der Waals surface area contributed by atoms with E-state index in [-0.39, 0.29) is 5.91 Å². The van der Waals surface area contributed by atoms with Crippen molar-refractivity contribution < 1.29 is 4.79 Å². The van der Waals surface area contributed by atoms with E-state index in [2.05, 4.69) is 17.0 Å². The van der Waals surface area contributed by atoms with Crippen LogP contribution in [0, 0.1) is 5.92 Å². The smallest absolute Gasteiger partial charge is 0.236 e. The highest BCUT2D eigenvalue weighted by atomic mass is 16.2. The first-order valence-electron chi connectivity index (χ1n) is 7.80. The fraction of sp³-hybridized carbons (Fsp3) is 0.588. The molecule has 4 nitrogen and oxygen atoms in total. The average Bonchev–Trinajstić information content (AvgIpc) is 2.96. The normalized spacial score (nSPS) is 21.7. The van der Waals surface area contributed by atoms with Gasteiger partial charge in [0.25, 0.3) is 0 Å². The largest absolute Gasteiger partial charge is 0.340 e. The standard InChI is InChI=1S/C17H27N3O/c1-19(16-10-6-9-15(16)11-18)13-17(21)20(2)12-14-7-4-3-5-8-14/h3-5,7-8,15-16H,6,9-13,18H2,1-2H3. The lowest BCUT2D eigenvalue weighted by Crippen LogP contribution is -2.43. The average molecular weight is 289 g/mol. The number of hydrogen-bond acceptors (Lipinski definition) is 3. The molecule has 1 fully saturated rings. The lowest BCUT2D eigenvalue weighted by atomic mass is 10.0. The maximum absolute atomic E-state index is 12.4. The Balaban J connectivity index is 1.85. The Labute approximate surface area is 127 Å². The van der Waals surface area contributed by atoms with Crippen LogP contribution >= 0.6 is 0 Å². The molecular formula is C17H27N3O. The Morgan fingerprint density at radius 2 is 1.95 bits per heavy atom. The van der Waals surface area contributed by atoms with Gasteiger partial charge >= 0.3 is 0 Å². The van der Waals surface area contributed by atoms with Gasteiger partial charge in [0.1, 0.15) is 0 Å². The summed E-state index contributed by atoms with van der Waals surface area (Å²) in [6, 6.07) is 10.6. The van der Waals surface area contributed by atoms with Crippen molar-refractivity contribution >= 4 is 5.91 Å². The molecule has 2 rings (SSSR count). The molecule has 1 aliphatic rings. The first-order chi connectivity index (χ1) is 10.1. The van der Waals surface area contributed by atoms with Gasteiger partial charge in [-0.05, 0) is 37.9 Å². The second-order valence-corrected chi connectivity index (χ2v) is 6.14. The molecule has 2 unspecified atom stereocenters. The predicted octanol–water partition coefficient (Wildman–Crippen LogP) is 1.70. The van der Waals surface area contributed by atoms with Gasteiger partial charge in [-0.1, -0.05) is 36.8 Å². The summed E-state index contributed by atoms with van der Waals surface area (Å²) >= 11 is 0. The van der Waals surface area contributed by atoms with Crippen molar-refractivity contribution in [2.45, 2.75) is 31.8 Å². The second-order valence-electron chi connectivity index (χ2n) is 6.14. The van der Waals surface area contributed by atoms with Crippen molar-refractivity contribution in [3.8, 4) is 0 Å². The van der Waals surface area contributed by atoms with E-state index < -0.39 is 0 Å². The molecule has 2 atom stereocenters. The summed E-state index contributed by atoms with van der Waals surface area (Å²) in [5, 5.41) is 0. The molecule has 116 valence electrons. The van der Waals surface area contributed by atoms with E-state index in [1.165, 1.54) is 12.8 Å². The van der Waals surface area contributed by atoms with Crippen LogP contribution in [0.3, 0.4) is 0 Å². The van der Waals surface area contributed by atoms with E-state index in [0.717, 1.165) is 18.5 Å². The molecule has 0 radical (unpaired) electrons. The highest BCUT2D eigenvalue weighted by molar-refractivity contribution is 5.78. The molecule has 1 aromatic carbocycles. The van der Waals surface area contributed by atoms with Crippen LogP contribution in [0.4, 0.5) is 0 Å². The van der Waals surface area contributed by atoms with Gasteiger partial charge < -0.3 is 10.6 Å². The van der Waals surface area contributed by atoms with Crippen LogP contribution in [0.5, 0.6) is 0 Å². The topological polar surface area (TPSA) is 49.6 Å². The summed E-state index contributed by atoms with van der Waals surface area (Å²) in [6.07, 6.45) is 3.58. The van der Waals surface area contributed by atoms with Crippen molar-refractivity contribution in [3.63, 3.8) is 0 Å². The molecule has 0 saturated heterocycles. The molecule has 1 amide bonds. The molecule has 1 aliphatic carbocycles.